The quantitative estimate of drug-likeness (QED) is 0.886. The van der Waals surface area contributed by atoms with E-state index in [2.05, 4.69) is 16.8 Å². The molecule has 90 valence electrons. The molecule has 0 bridgehead atoms. The van der Waals surface area contributed by atoms with Gasteiger partial charge in [0.25, 0.3) is 0 Å². The van der Waals surface area contributed by atoms with E-state index in [1.54, 1.807) is 0 Å². The van der Waals surface area contributed by atoms with Crippen molar-refractivity contribution in [3.63, 3.8) is 0 Å². The van der Waals surface area contributed by atoms with Crippen molar-refractivity contribution in [3.8, 4) is 0 Å². The van der Waals surface area contributed by atoms with Gasteiger partial charge in [0, 0.05) is 29.8 Å². The summed E-state index contributed by atoms with van der Waals surface area (Å²) in [5.74, 6) is 1.73. The van der Waals surface area contributed by atoms with Crippen LogP contribution in [0.5, 0.6) is 0 Å². The zero-order valence-corrected chi connectivity index (χ0v) is 10.8. The Morgan fingerprint density at radius 3 is 3.12 bits per heavy atom. The number of nitrogens with one attached hydrogen (secondary N) is 1. The lowest BCUT2D eigenvalue weighted by molar-refractivity contribution is 0.491. The van der Waals surface area contributed by atoms with Crippen molar-refractivity contribution in [3.05, 3.63) is 16.4 Å². The maximum absolute atomic E-state index is 4.70. The molecular formula is C12H16N4S. The molecule has 1 unspecified atom stereocenters. The molecule has 1 fully saturated rings. The molecule has 17 heavy (non-hydrogen) atoms. The first kappa shape index (κ1) is 10.0. The van der Waals surface area contributed by atoms with Gasteiger partial charge in [0.2, 0.25) is 4.96 Å². The monoisotopic (exact) mass is 248 g/mol. The molecule has 5 heteroatoms. The van der Waals surface area contributed by atoms with Gasteiger partial charge in [-0.2, -0.15) is 5.10 Å². The maximum atomic E-state index is 4.70. The third-order valence-corrected chi connectivity index (χ3v) is 4.94. The first-order valence-electron chi connectivity index (χ1n) is 6.48. The van der Waals surface area contributed by atoms with E-state index in [4.69, 9.17) is 10.1 Å². The second-order valence-corrected chi connectivity index (χ2v) is 6.03. The molecule has 4 nitrogen and oxygen atoms in total. The summed E-state index contributed by atoms with van der Waals surface area (Å²) in [6.07, 6.45) is 4.78. The van der Waals surface area contributed by atoms with Gasteiger partial charge in [0.15, 0.2) is 5.82 Å². The average Bonchev–Trinajstić information content (AvgIpc) is 3.02. The van der Waals surface area contributed by atoms with Gasteiger partial charge in [-0.15, -0.1) is 0 Å². The van der Waals surface area contributed by atoms with Crippen molar-refractivity contribution in [2.45, 2.75) is 44.6 Å². The lowest BCUT2D eigenvalue weighted by Crippen LogP contribution is -2.29. The van der Waals surface area contributed by atoms with E-state index >= 15 is 0 Å². The highest BCUT2D eigenvalue weighted by molar-refractivity contribution is 7.17. The van der Waals surface area contributed by atoms with E-state index in [9.17, 15) is 0 Å². The van der Waals surface area contributed by atoms with Gasteiger partial charge in [-0.3, -0.25) is 0 Å². The number of thiazole rings is 1. The molecule has 0 radical (unpaired) electrons. The molecule has 1 aliphatic heterocycles. The Labute approximate surface area is 104 Å². The highest BCUT2D eigenvalue weighted by Crippen LogP contribution is 2.40. The molecule has 1 aliphatic carbocycles. The van der Waals surface area contributed by atoms with Crippen LogP contribution in [-0.2, 0) is 6.42 Å². The molecule has 2 aromatic heterocycles. The number of nitrogens with zero attached hydrogens (tertiary/aromatic N) is 3. The SMILES string of the molecule is CCC1NCCc2c1sc1nc(C3CC3)nn21. The predicted octanol–water partition coefficient (Wildman–Crippen LogP) is 2.27. The van der Waals surface area contributed by atoms with Crippen LogP contribution in [0.4, 0.5) is 0 Å². The van der Waals surface area contributed by atoms with Gasteiger partial charge in [-0.05, 0) is 19.3 Å². The van der Waals surface area contributed by atoms with Gasteiger partial charge in [-0.1, -0.05) is 18.3 Å². The Hall–Kier alpha value is -0.940. The van der Waals surface area contributed by atoms with Crippen LogP contribution in [0.3, 0.4) is 0 Å². The molecule has 1 N–H and O–H groups in total. The fourth-order valence-electron chi connectivity index (χ4n) is 2.62. The predicted molar refractivity (Wildman–Crippen MR) is 67.6 cm³/mol. The summed E-state index contributed by atoms with van der Waals surface area (Å²) < 4.78 is 2.11. The molecular weight excluding hydrogens is 232 g/mol. The van der Waals surface area contributed by atoms with Crippen molar-refractivity contribution < 1.29 is 0 Å². The van der Waals surface area contributed by atoms with E-state index in [0.29, 0.717) is 12.0 Å². The number of hydrogen-bond acceptors (Lipinski definition) is 4. The molecule has 0 aromatic carbocycles. The van der Waals surface area contributed by atoms with Crippen LogP contribution in [0.1, 0.15) is 54.5 Å². The first-order chi connectivity index (χ1) is 8.36. The van der Waals surface area contributed by atoms with Gasteiger partial charge in [0.1, 0.15) is 0 Å². The zero-order valence-electron chi connectivity index (χ0n) is 9.94. The van der Waals surface area contributed by atoms with Crippen molar-refractivity contribution in [1.82, 2.24) is 19.9 Å². The minimum absolute atomic E-state index is 0.511. The van der Waals surface area contributed by atoms with Crippen LogP contribution in [0.15, 0.2) is 0 Å². The summed E-state index contributed by atoms with van der Waals surface area (Å²) in [4.78, 5) is 7.24. The maximum Gasteiger partial charge on any atom is 0.212 e. The van der Waals surface area contributed by atoms with E-state index in [0.717, 1.165) is 30.2 Å². The minimum atomic E-state index is 0.511. The molecule has 1 atom stereocenters. The topological polar surface area (TPSA) is 42.2 Å². The highest BCUT2D eigenvalue weighted by atomic mass is 32.1. The molecule has 1 saturated carbocycles. The molecule has 2 aromatic rings. The Morgan fingerprint density at radius 2 is 2.35 bits per heavy atom. The first-order valence-corrected chi connectivity index (χ1v) is 7.30. The molecule has 0 saturated heterocycles. The van der Waals surface area contributed by atoms with E-state index in [1.807, 2.05) is 11.3 Å². The van der Waals surface area contributed by atoms with E-state index < -0.39 is 0 Å². The molecule has 3 heterocycles. The summed E-state index contributed by atoms with van der Waals surface area (Å²) in [6.45, 7) is 3.30. The van der Waals surface area contributed by atoms with Crippen molar-refractivity contribution in [2.75, 3.05) is 6.54 Å². The molecule has 4 rings (SSSR count). The zero-order chi connectivity index (χ0) is 11.4. The Balaban J connectivity index is 1.85. The fraction of sp³-hybridized carbons (Fsp3) is 0.667. The average molecular weight is 248 g/mol. The normalized spacial score (nSPS) is 24.2. The molecule has 0 spiro atoms. The summed E-state index contributed by atoms with van der Waals surface area (Å²) in [7, 11) is 0. The van der Waals surface area contributed by atoms with Crippen LogP contribution in [0.25, 0.3) is 4.96 Å². The van der Waals surface area contributed by atoms with Crippen LogP contribution in [-0.4, -0.2) is 21.1 Å². The second kappa shape index (κ2) is 3.53. The van der Waals surface area contributed by atoms with E-state index in [-0.39, 0.29) is 0 Å². The Bertz CT molecular complexity index is 566. The lowest BCUT2D eigenvalue weighted by Gasteiger charge is -2.21. The summed E-state index contributed by atoms with van der Waals surface area (Å²) in [5.41, 5.74) is 1.40. The van der Waals surface area contributed by atoms with Crippen LogP contribution in [0.2, 0.25) is 0 Å². The van der Waals surface area contributed by atoms with Crippen molar-refractivity contribution in [1.29, 1.82) is 0 Å². The summed E-state index contributed by atoms with van der Waals surface area (Å²) in [6, 6.07) is 0.511. The van der Waals surface area contributed by atoms with Crippen LogP contribution >= 0.6 is 11.3 Å². The summed E-state index contributed by atoms with van der Waals surface area (Å²) in [5, 5.41) is 8.27. The minimum Gasteiger partial charge on any atom is -0.309 e. The fourth-order valence-corrected chi connectivity index (χ4v) is 3.89. The van der Waals surface area contributed by atoms with Gasteiger partial charge < -0.3 is 5.32 Å². The van der Waals surface area contributed by atoms with Gasteiger partial charge in [-0.25, -0.2) is 9.50 Å². The van der Waals surface area contributed by atoms with Crippen LogP contribution in [0, 0.1) is 0 Å². The van der Waals surface area contributed by atoms with Crippen molar-refractivity contribution in [2.24, 2.45) is 0 Å². The second-order valence-electron chi connectivity index (χ2n) is 5.02. The van der Waals surface area contributed by atoms with Crippen LogP contribution < -0.4 is 5.32 Å². The number of fused-ring (bicyclic) bond motifs is 3. The third kappa shape index (κ3) is 1.45. The number of aromatic nitrogens is 3. The largest absolute Gasteiger partial charge is 0.309 e. The summed E-state index contributed by atoms with van der Waals surface area (Å²) >= 11 is 1.83. The third-order valence-electron chi connectivity index (χ3n) is 3.75. The number of rotatable bonds is 2. The Morgan fingerprint density at radius 1 is 1.47 bits per heavy atom. The Kier molecular flexibility index (Phi) is 2.08. The highest BCUT2D eigenvalue weighted by Gasteiger charge is 2.30. The molecule has 0 amide bonds. The molecule has 2 aliphatic rings. The standard InChI is InChI=1S/C12H16N4S/c1-2-8-10-9(5-6-13-8)16-12(17-10)14-11(15-16)7-3-4-7/h7-8,13H,2-6H2,1H3. The van der Waals surface area contributed by atoms with E-state index in [1.165, 1.54) is 23.4 Å². The lowest BCUT2D eigenvalue weighted by atomic mass is 10.1. The number of hydrogen-bond donors (Lipinski definition) is 1. The van der Waals surface area contributed by atoms with Crippen molar-refractivity contribution >= 4 is 16.3 Å². The van der Waals surface area contributed by atoms with Gasteiger partial charge >= 0.3 is 0 Å². The smallest absolute Gasteiger partial charge is 0.212 e. The van der Waals surface area contributed by atoms with Gasteiger partial charge in [0.05, 0.1) is 5.69 Å².